The summed E-state index contributed by atoms with van der Waals surface area (Å²) in [7, 11) is 0. The van der Waals surface area contributed by atoms with E-state index in [1.807, 2.05) is 0 Å². The third-order valence-electron chi connectivity index (χ3n) is 9.29. The summed E-state index contributed by atoms with van der Waals surface area (Å²) in [6.07, 6.45) is 9.30. The number of benzene rings is 2. The second kappa shape index (κ2) is 19.9. The summed E-state index contributed by atoms with van der Waals surface area (Å²) >= 11 is 0. The summed E-state index contributed by atoms with van der Waals surface area (Å²) in [6.45, 7) is 11.2. The Bertz CT molecular complexity index is 1590. The van der Waals surface area contributed by atoms with Gasteiger partial charge >= 0.3 is 29.8 Å². The topological polar surface area (TPSA) is 150 Å². The molecular weight excluding hydrogens is 672 g/mol. The minimum absolute atomic E-state index is 0.147. The molecule has 2 fully saturated rings. The van der Waals surface area contributed by atoms with Crippen molar-refractivity contribution in [3.05, 3.63) is 85.5 Å². The minimum atomic E-state index is -0.656. The summed E-state index contributed by atoms with van der Waals surface area (Å²) in [6, 6.07) is 11.4. The van der Waals surface area contributed by atoms with E-state index in [0.717, 1.165) is 69.1 Å². The number of carbonyl (C=O) groups excluding carboxylic acids is 5. The van der Waals surface area contributed by atoms with E-state index in [1.54, 1.807) is 49.4 Å². The smallest absolute Gasteiger partial charge is 0.338 e. The first-order chi connectivity index (χ1) is 25.1. The van der Waals surface area contributed by atoms with Gasteiger partial charge in [-0.15, -0.1) is 0 Å². The molecule has 0 amide bonds. The van der Waals surface area contributed by atoms with Crippen molar-refractivity contribution in [3.63, 3.8) is 0 Å². The fraction of sp³-hybridized carbons (Fsp3) is 0.425. The SMILES string of the molecule is C=CC(=O)OCOc1ccc(CCOC(=O)C2CCC(C3CCC(C(=O)Oc4ccc(OC(=O)C(=C)C)cc4)CC3)CC2)cc1OCOC(=O)C=C. The second-order valence-electron chi connectivity index (χ2n) is 12.8. The predicted octanol–water partition coefficient (Wildman–Crippen LogP) is 6.60. The summed E-state index contributed by atoms with van der Waals surface area (Å²) < 4.78 is 37.2. The van der Waals surface area contributed by atoms with Crippen molar-refractivity contribution in [2.24, 2.45) is 23.7 Å². The molecule has 2 aliphatic carbocycles. The lowest BCUT2D eigenvalue weighted by Crippen LogP contribution is -2.31. The normalized spacial score (nSPS) is 19.6. The quantitative estimate of drug-likeness (QED) is 0.0570. The maximum absolute atomic E-state index is 12.9. The second-order valence-corrected chi connectivity index (χ2v) is 12.8. The third-order valence-corrected chi connectivity index (χ3v) is 9.29. The molecule has 0 aliphatic heterocycles. The van der Waals surface area contributed by atoms with Gasteiger partial charge < -0.3 is 33.2 Å². The molecule has 0 spiro atoms. The van der Waals surface area contributed by atoms with Gasteiger partial charge in [-0.2, -0.15) is 0 Å². The van der Waals surface area contributed by atoms with Gasteiger partial charge in [0.05, 0.1) is 18.4 Å². The Morgan fingerprint density at radius 2 is 1.15 bits per heavy atom. The summed E-state index contributed by atoms with van der Waals surface area (Å²) in [4.78, 5) is 60.2. The van der Waals surface area contributed by atoms with E-state index in [1.165, 1.54) is 0 Å². The van der Waals surface area contributed by atoms with Gasteiger partial charge in [0.1, 0.15) is 11.5 Å². The molecule has 12 nitrogen and oxygen atoms in total. The fourth-order valence-electron chi connectivity index (χ4n) is 6.37. The van der Waals surface area contributed by atoms with Crippen LogP contribution >= 0.6 is 0 Å². The van der Waals surface area contributed by atoms with Crippen LogP contribution in [0.5, 0.6) is 23.0 Å². The number of carbonyl (C=O) groups is 5. The highest BCUT2D eigenvalue weighted by atomic mass is 16.7. The van der Waals surface area contributed by atoms with Crippen molar-refractivity contribution < 1.29 is 57.1 Å². The Labute approximate surface area is 303 Å². The maximum atomic E-state index is 12.9. The average molecular weight is 719 g/mol. The van der Waals surface area contributed by atoms with Crippen molar-refractivity contribution >= 4 is 29.8 Å². The number of esters is 5. The van der Waals surface area contributed by atoms with Gasteiger partial charge in [-0.25, -0.2) is 14.4 Å². The first-order valence-electron chi connectivity index (χ1n) is 17.4. The Morgan fingerprint density at radius 3 is 1.67 bits per heavy atom. The summed E-state index contributed by atoms with van der Waals surface area (Å²) in [5, 5.41) is 0. The van der Waals surface area contributed by atoms with E-state index < -0.39 is 24.7 Å². The molecule has 52 heavy (non-hydrogen) atoms. The molecule has 0 bridgehead atoms. The predicted molar refractivity (Wildman–Crippen MR) is 188 cm³/mol. The molecule has 2 aromatic rings. The molecule has 2 aromatic carbocycles. The van der Waals surface area contributed by atoms with Gasteiger partial charge in [-0.3, -0.25) is 9.59 Å². The van der Waals surface area contributed by atoms with Crippen LogP contribution in [-0.2, 0) is 44.6 Å². The molecule has 0 aromatic heterocycles. The molecule has 2 aliphatic rings. The van der Waals surface area contributed by atoms with E-state index in [0.29, 0.717) is 35.3 Å². The lowest BCUT2D eigenvalue weighted by Gasteiger charge is -2.36. The number of rotatable bonds is 17. The van der Waals surface area contributed by atoms with Crippen molar-refractivity contribution in [2.75, 3.05) is 20.2 Å². The van der Waals surface area contributed by atoms with Gasteiger partial charge in [0, 0.05) is 24.1 Å². The van der Waals surface area contributed by atoms with Crippen LogP contribution in [0.15, 0.2) is 79.9 Å². The highest BCUT2D eigenvalue weighted by Gasteiger charge is 2.35. The fourth-order valence-corrected chi connectivity index (χ4v) is 6.37. The number of ether oxygens (including phenoxy) is 7. The minimum Gasteiger partial charge on any atom is -0.465 e. The number of hydrogen-bond donors (Lipinski definition) is 0. The van der Waals surface area contributed by atoms with Crippen LogP contribution in [0.2, 0.25) is 0 Å². The highest BCUT2D eigenvalue weighted by Crippen LogP contribution is 2.42. The molecule has 0 saturated heterocycles. The molecule has 12 heteroatoms. The van der Waals surface area contributed by atoms with Gasteiger partial charge in [-0.1, -0.05) is 25.8 Å². The van der Waals surface area contributed by atoms with E-state index in [2.05, 4.69) is 19.7 Å². The van der Waals surface area contributed by atoms with Crippen molar-refractivity contribution in [1.29, 1.82) is 0 Å². The van der Waals surface area contributed by atoms with E-state index in [9.17, 15) is 24.0 Å². The Morgan fingerprint density at radius 1 is 0.654 bits per heavy atom. The average Bonchev–Trinajstić information content (AvgIpc) is 3.16. The van der Waals surface area contributed by atoms with E-state index in [4.69, 9.17) is 33.2 Å². The largest absolute Gasteiger partial charge is 0.465 e. The molecule has 0 N–H and O–H groups in total. The Balaban J connectivity index is 1.16. The van der Waals surface area contributed by atoms with E-state index in [-0.39, 0.29) is 48.7 Å². The first-order valence-corrected chi connectivity index (χ1v) is 17.4. The standard InChI is InChI=1S/C40H46O12/c1-5-36(41)49-24-47-34-20-7-27(23-35(34)48-25-50-37(42)6-2)21-22-46-39(44)30-12-8-28(9-13-30)29-10-14-31(15-11-29)40(45)52-33-18-16-32(17-19-33)51-38(43)26(3)4/h5-7,16-20,23,28-31H,1-3,8-15,21-22,24-25H2,4H3. The monoisotopic (exact) mass is 718 g/mol. The zero-order valence-corrected chi connectivity index (χ0v) is 29.5. The molecule has 4 rings (SSSR count). The molecule has 278 valence electrons. The van der Waals surface area contributed by atoms with Crippen LogP contribution in [0.1, 0.15) is 63.9 Å². The van der Waals surface area contributed by atoms with Crippen LogP contribution in [0.3, 0.4) is 0 Å². The third kappa shape index (κ3) is 12.1. The van der Waals surface area contributed by atoms with Crippen LogP contribution < -0.4 is 18.9 Å². The van der Waals surface area contributed by atoms with Gasteiger partial charge in [0.15, 0.2) is 11.5 Å². The van der Waals surface area contributed by atoms with Crippen molar-refractivity contribution in [1.82, 2.24) is 0 Å². The van der Waals surface area contributed by atoms with Crippen LogP contribution in [0.25, 0.3) is 0 Å². The Kier molecular flexibility index (Phi) is 15.0. The Hall–Kier alpha value is -5.39. The van der Waals surface area contributed by atoms with E-state index >= 15 is 0 Å². The zero-order chi connectivity index (χ0) is 37.5. The molecule has 0 atom stereocenters. The molecule has 0 unspecified atom stereocenters. The van der Waals surface area contributed by atoms with Crippen molar-refractivity contribution in [2.45, 2.75) is 64.7 Å². The van der Waals surface area contributed by atoms with Crippen molar-refractivity contribution in [3.8, 4) is 23.0 Å². The first kappa shape index (κ1) is 39.4. The summed E-state index contributed by atoms with van der Waals surface area (Å²) in [5.41, 5.74) is 1.08. The summed E-state index contributed by atoms with van der Waals surface area (Å²) in [5.74, 6) is -0.291. The van der Waals surface area contributed by atoms with Crippen LogP contribution in [-0.4, -0.2) is 50.0 Å². The van der Waals surface area contributed by atoms with Gasteiger partial charge in [0.25, 0.3) is 0 Å². The number of hydrogen-bond acceptors (Lipinski definition) is 12. The molecular formula is C40H46O12. The molecule has 0 radical (unpaired) electrons. The molecule has 2 saturated carbocycles. The zero-order valence-electron chi connectivity index (χ0n) is 29.5. The highest BCUT2D eigenvalue weighted by molar-refractivity contribution is 5.88. The van der Waals surface area contributed by atoms with Gasteiger partial charge in [-0.05, 0) is 112 Å². The molecule has 0 heterocycles. The lowest BCUT2D eigenvalue weighted by molar-refractivity contribution is -0.150. The van der Waals surface area contributed by atoms with Gasteiger partial charge in [0.2, 0.25) is 13.6 Å². The van der Waals surface area contributed by atoms with Crippen LogP contribution in [0.4, 0.5) is 0 Å². The lowest BCUT2D eigenvalue weighted by atomic mass is 9.69. The maximum Gasteiger partial charge on any atom is 0.338 e. The van der Waals surface area contributed by atoms with Crippen LogP contribution in [0, 0.1) is 23.7 Å².